The Morgan fingerprint density at radius 2 is 2.00 bits per heavy atom. The number of carbonyl (C=O) groups is 3. The van der Waals surface area contributed by atoms with Crippen molar-refractivity contribution in [1.29, 1.82) is 0 Å². The maximum absolute atomic E-state index is 13.8. The van der Waals surface area contributed by atoms with Gasteiger partial charge in [0, 0.05) is 5.92 Å². The Kier molecular flexibility index (Phi) is 5.43. The second kappa shape index (κ2) is 7.77. The van der Waals surface area contributed by atoms with Crippen molar-refractivity contribution in [3.8, 4) is 0 Å². The molecule has 1 fully saturated rings. The molecule has 7 nitrogen and oxygen atoms in total. The smallest absolute Gasteiger partial charge is 0.338 e. The highest BCUT2D eigenvalue weighted by Crippen LogP contribution is 2.48. The summed E-state index contributed by atoms with van der Waals surface area (Å²) in [6.45, 7) is 3.24. The fraction of sp³-hybridized carbons (Fsp3) is 0.421. The molecule has 0 saturated heterocycles. The minimum Gasteiger partial charge on any atom is -0.463 e. The van der Waals surface area contributed by atoms with Crippen LogP contribution in [0, 0.1) is 11.7 Å². The van der Waals surface area contributed by atoms with E-state index in [1.165, 1.54) is 6.07 Å². The van der Waals surface area contributed by atoms with Gasteiger partial charge < -0.3 is 20.1 Å². The number of amides is 2. The summed E-state index contributed by atoms with van der Waals surface area (Å²) in [5.41, 5.74) is 0.904. The molecule has 27 heavy (non-hydrogen) atoms. The number of hydrogen-bond acceptors (Lipinski definition) is 5. The lowest BCUT2D eigenvalue weighted by atomic mass is 10.0. The van der Waals surface area contributed by atoms with Gasteiger partial charge in [0.25, 0.3) is 0 Å². The van der Waals surface area contributed by atoms with Crippen LogP contribution in [0.5, 0.6) is 0 Å². The zero-order valence-electron chi connectivity index (χ0n) is 15.1. The highest BCUT2D eigenvalue weighted by molar-refractivity contribution is 5.94. The molecule has 1 aliphatic carbocycles. The number of benzene rings is 1. The maximum atomic E-state index is 13.8. The van der Waals surface area contributed by atoms with Gasteiger partial charge in [0.2, 0.25) is 0 Å². The van der Waals surface area contributed by atoms with Gasteiger partial charge >= 0.3 is 18.0 Å². The van der Waals surface area contributed by atoms with Crippen LogP contribution < -0.4 is 10.6 Å². The lowest BCUT2D eigenvalue weighted by molar-refractivity contribution is -0.145. The quantitative estimate of drug-likeness (QED) is 0.741. The summed E-state index contributed by atoms with van der Waals surface area (Å²) < 4.78 is 24.1. The Labute approximate surface area is 155 Å². The lowest BCUT2D eigenvalue weighted by Crippen LogP contribution is -2.50. The average Bonchev–Trinajstić information content (AvgIpc) is 3.40. The Bertz CT molecular complexity index is 807. The molecule has 1 aliphatic heterocycles. The standard InChI is InChI=1S/C19H21FN2O5/c1-3-26-18(24)16-10(2)21-19(25)22-15(16)9-27-17(23)13-8-12(13)11-6-4-5-7-14(11)20/h4-7,10,12-13H,3,8-9H2,1-2H3,(H2,21,22,25)/t10-,12+,13-/m1/s1. The first kappa shape index (κ1) is 18.9. The first-order valence-corrected chi connectivity index (χ1v) is 8.81. The van der Waals surface area contributed by atoms with Gasteiger partial charge in [0.1, 0.15) is 12.4 Å². The minimum atomic E-state index is -0.584. The van der Waals surface area contributed by atoms with Crippen molar-refractivity contribution in [1.82, 2.24) is 10.6 Å². The van der Waals surface area contributed by atoms with Crippen LogP contribution in [0.15, 0.2) is 35.5 Å². The van der Waals surface area contributed by atoms with Crippen molar-refractivity contribution >= 4 is 18.0 Å². The molecule has 0 radical (unpaired) electrons. The van der Waals surface area contributed by atoms with Gasteiger partial charge in [0.05, 0.1) is 29.8 Å². The molecule has 2 N–H and O–H groups in total. The molecule has 1 heterocycles. The van der Waals surface area contributed by atoms with E-state index >= 15 is 0 Å². The number of rotatable bonds is 6. The van der Waals surface area contributed by atoms with E-state index in [0.717, 1.165) is 0 Å². The van der Waals surface area contributed by atoms with Crippen LogP contribution in [-0.2, 0) is 19.1 Å². The van der Waals surface area contributed by atoms with Crippen molar-refractivity contribution < 1.29 is 28.2 Å². The second-order valence-corrected chi connectivity index (χ2v) is 6.51. The Hall–Kier alpha value is -2.90. The van der Waals surface area contributed by atoms with Gasteiger partial charge in [-0.25, -0.2) is 14.0 Å². The van der Waals surface area contributed by atoms with Crippen molar-refractivity contribution in [2.75, 3.05) is 13.2 Å². The van der Waals surface area contributed by atoms with Crippen LogP contribution in [0.3, 0.4) is 0 Å². The maximum Gasteiger partial charge on any atom is 0.338 e. The van der Waals surface area contributed by atoms with Crippen LogP contribution in [0.1, 0.15) is 31.7 Å². The van der Waals surface area contributed by atoms with Gasteiger partial charge in [-0.3, -0.25) is 4.79 Å². The Morgan fingerprint density at radius 3 is 2.70 bits per heavy atom. The summed E-state index contributed by atoms with van der Waals surface area (Å²) in [6, 6.07) is 5.28. The molecule has 2 amide bonds. The van der Waals surface area contributed by atoms with Crippen molar-refractivity contribution in [2.45, 2.75) is 32.2 Å². The number of hydrogen-bond donors (Lipinski definition) is 2. The molecule has 0 unspecified atom stereocenters. The van der Waals surface area contributed by atoms with Gasteiger partial charge in [-0.05, 0) is 31.9 Å². The number of esters is 2. The third-order valence-corrected chi connectivity index (χ3v) is 4.62. The molecule has 0 spiro atoms. The van der Waals surface area contributed by atoms with Crippen LogP contribution in [0.2, 0.25) is 0 Å². The fourth-order valence-electron chi connectivity index (χ4n) is 3.22. The van der Waals surface area contributed by atoms with E-state index in [1.807, 2.05) is 0 Å². The van der Waals surface area contributed by atoms with E-state index in [0.29, 0.717) is 12.0 Å². The van der Waals surface area contributed by atoms with Crippen LogP contribution in [-0.4, -0.2) is 37.2 Å². The monoisotopic (exact) mass is 376 g/mol. The molecule has 2 aliphatic rings. The van der Waals surface area contributed by atoms with Crippen LogP contribution >= 0.6 is 0 Å². The minimum absolute atomic E-state index is 0.183. The predicted octanol–water partition coefficient (Wildman–Crippen LogP) is 1.99. The molecule has 144 valence electrons. The van der Waals surface area contributed by atoms with Crippen molar-refractivity contribution in [2.24, 2.45) is 5.92 Å². The molecule has 1 aromatic rings. The fourth-order valence-corrected chi connectivity index (χ4v) is 3.22. The second-order valence-electron chi connectivity index (χ2n) is 6.51. The van der Waals surface area contributed by atoms with Crippen molar-refractivity contribution in [3.05, 3.63) is 46.9 Å². The SMILES string of the molecule is CCOC(=O)C1=C(COC(=O)[C@@H]2C[C@H]2c2ccccc2F)NC(=O)N[C@@H]1C. The summed E-state index contributed by atoms with van der Waals surface area (Å²) in [5.74, 6) is -2.05. The zero-order chi connectivity index (χ0) is 19.6. The molecule has 3 atom stereocenters. The van der Waals surface area contributed by atoms with Gasteiger partial charge in [-0.2, -0.15) is 0 Å². The largest absolute Gasteiger partial charge is 0.463 e. The van der Waals surface area contributed by atoms with E-state index in [9.17, 15) is 18.8 Å². The van der Waals surface area contributed by atoms with Gasteiger partial charge in [-0.1, -0.05) is 18.2 Å². The predicted molar refractivity (Wildman–Crippen MR) is 93.0 cm³/mol. The topological polar surface area (TPSA) is 93.7 Å². The first-order valence-electron chi connectivity index (χ1n) is 8.81. The van der Waals surface area contributed by atoms with Crippen LogP contribution in [0.25, 0.3) is 0 Å². The molecule has 0 aromatic heterocycles. The molecule has 8 heteroatoms. The summed E-state index contributed by atoms with van der Waals surface area (Å²) in [6.07, 6.45) is 0.508. The summed E-state index contributed by atoms with van der Waals surface area (Å²) >= 11 is 0. The van der Waals surface area contributed by atoms with Crippen LogP contribution in [0.4, 0.5) is 9.18 Å². The average molecular weight is 376 g/mol. The number of ether oxygens (including phenoxy) is 2. The normalized spacial score (nSPS) is 24.0. The first-order chi connectivity index (χ1) is 12.9. The third kappa shape index (κ3) is 4.10. The summed E-state index contributed by atoms with van der Waals surface area (Å²) in [7, 11) is 0. The number of carbonyl (C=O) groups excluding carboxylic acids is 3. The summed E-state index contributed by atoms with van der Waals surface area (Å²) in [5, 5.41) is 5.06. The van der Waals surface area contributed by atoms with E-state index in [1.54, 1.807) is 32.0 Å². The molecule has 3 rings (SSSR count). The molecule has 0 bridgehead atoms. The molecule has 1 aromatic carbocycles. The van der Waals surface area contributed by atoms with Crippen molar-refractivity contribution in [3.63, 3.8) is 0 Å². The Balaban J connectivity index is 1.66. The lowest BCUT2D eigenvalue weighted by Gasteiger charge is -2.26. The number of halogens is 1. The van der Waals surface area contributed by atoms with E-state index < -0.39 is 29.9 Å². The zero-order valence-corrected chi connectivity index (χ0v) is 15.1. The molecule has 1 saturated carbocycles. The molecular weight excluding hydrogens is 355 g/mol. The van der Waals surface area contributed by atoms with Gasteiger partial charge in [0.15, 0.2) is 0 Å². The van der Waals surface area contributed by atoms with E-state index in [4.69, 9.17) is 9.47 Å². The molecular formula is C19H21FN2O5. The third-order valence-electron chi connectivity index (χ3n) is 4.62. The van der Waals surface area contributed by atoms with Gasteiger partial charge in [-0.15, -0.1) is 0 Å². The number of urea groups is 1. The van der Waals surface area contributed by atoms with E-state index in [-0.39, 0.29) is 36.2 Å². The Morgan fingerprint density at radius 1 is 1.26 bits per heavy atom. The summed E-state index contributed by atoms with van der Waals surface area (Å²) in [4.78, 5) is 36.1. The highest BCUT2D eigenvalue weighted by Gasteiger charge is 2.46. The number of nitrogens with one attached hydrogen (secondary N) is 2. The van der Waals surface area contributed by atoms with E-state index in [2.05, 4.69) is 10.6 Å². The highest BCUT2D eigenvalue weighted by atomic mass is 19.1.